The molecule has 21 heavy (non-hydrogen) atoms. The summed E-state index contributed by atoms with van der Waals surface area (Å²) in [7, 11) is 0. The molecule has 1 atom stereocenters. The Labute approximate surface area is 132 Å². The zero-order valence-electron chi connectivity index (χ0n) is 15.4. The highest BCUT2D eigenvalue weighted by Gasteiger charge is 2.30. The second kappa shape index (κ2) is 6.81. The Hall–Kier alpha value is -1.04. The van der Waals surface area contributed by atoms with Crippen LogP contribution in [0, 0.1) is 17.8 Å². The Bertz CT molecular complexity index is 478. The van der Waals surface area contributed by atoms with Gasteiger partial charge in [-0.15, -0.1) is 0 Å². The fourth-order valence-electron chi connectivity index (χ4n) is 2.88. The van der Waals surface area contributed by atoms with Gasteiger partial charge in [-0.1, -0.05) is 78.8 Å². The third kappa shape index (κ3) is 5.69. The maximum absolute atomic E-state index is 2.40. The van der Waals surface area contributed by atoms with Gasteiger partial charge in [-0.2, -0.15) is 0 Å². The van der Waals surface area contributed by atoms with Crippen molar-refractivity contribution in [3.05, 3.63) is 41.0 Å². The standard InChI is InChI=1S/C21H34/c1-9-10-11-17-12-13-18(14-16(17)2)19(21(6,7)8)15-20(3,4)5/h10-14,19H,9,15H2,1-8H3/b11-10-. The molecule has 0 heteroatoms. The summed E-state index contributed by atoms with van der Waals surface area (Å²) in [6, 6.07) is 7.03. The lowest BCUT2D eigenvalue weighted by Gasteiger charge is -2.36. The monoisotopic (exact) mass is 286 g/mol. The summed E-state index contributed by atoms with van der Waals surface area (Å²) in [6.07, 6.45) is 6.79. The summed E-state index contributed by atoms with van der Waals surface area (Å²) >= 11 is 0. The van der Waals surface area contributed by atoms with Crippen molar-refractivity contribution in [1.82, 2.24) is 0 Å². The normalized spacial score (nSPS) is 14.7. The molecule has 0 bridgehead atoms. The van der Waals surface area contributed by atoms with Crippen LogP contribution < -0.4 is 0 Å². The van der Waals surface area contributed by atoms with Crippen molar-refractivity contribution in [1.29, 1.82) is 0 Å². The molecule has 0 saturated carbocycles. The van der Waals surface area contributed by atoms with E-state index in [4.69, 9.17) is 0 Å². The lowest BCUT2D eigenvalue weighted by molar-refractivity contribution is 0.229. The van der Waals surface area contributed by atoms with Gasteiger partial charge in [0.1, 0.15) is 0 Å². The van der Waals surface area contributed by atoms with Crippen LogP contribution >= 0.6 is 0 Å². The second-order valence-corrected chi connectivity index (χ2v) is 8.61. The van der Waals surface area contributed by atoms with Crippen LogP contribution in [0.5, 0.6) is 0 Å². The third-order valence-electron chi connectivity index (χ3n) is 4.09. The predicted molar refractivity (Wildman–Crippen MR) is 96.8 cm³/mol. The summed E-state index contributed by atoms with van der Waals surface area (Å²) in [4.78, 5) is 0. The van der Waals surface area contributed by atoms with Gasteiger partial charge in [-0.25, -0.2) is 0 Å². The topological polar surface area (TPSA) is 0 Å². The minimum absolute atomic E-state index is 0.292. The maximum Gasteiger partial charge on any atom is -0.0108 e. The van der Waals surface area contributed by atoms with Crippen LogP contribution in [-0.4, -0.2) is 0 Å². The molecule has 0 aliphatic carbocycles. The van der Waals surface area contributed by atoms with E-state index in [1.54, 1.807) is 0 Å². The minimum Gasteiger partial charge on any atom is -0.0842 e. The van der Waals surface area contributed by atoms with Gasteiger partial charge in [0, 0.05) is 0 Å². The quantitative estimate of drug-likeness (QED) is 0.560. The van der Waals surface area contributed by atoms with Crippen molar-refractivity contribution in [2.45, 2.75) is 74.1 Å². The molecule has 0 amide bonds. The molecule has 0 N–H and O–H groups in total. The van der Waals surface area contributed by atoms with Gasteiger partial charge in [0.2, 0.25) is 0 Å². The molecule has 0 heterocycles. The van der Waals surface area contributed by atoms with Crippen LogP contribution in [0.3, 0.4) is 0 Å². The molecule has 0 nitrogen and oxygen atoms in total. The highest BCUT2D eigenvalue weighted by atomic mass is 14.3. The molecule has 1 aromatic rings. The molecule has 1 unspecified atom stereocenters. The number of hydrogen-bond donors (Lipinski definition) is 0. The van der Waals surface area contributed by atoms with Crippen molar-refractivity contribution in [2.75, 3.05) is 0 Å². The van der Waals surface area contributed by atoms with Gasteiger partial charge in [0.25, 0.3) is 0 Å². The van der Waals surface area contributed by atoms with E-state index in [1.165, 1.54) is 23.1 Å². The summed E-state index contributed by atoms with van der Waals surface area (Å²) in [5, 5.41) is 0. The van der Waals surface area contributed by atoms with E-state index < -0.39 is 0 Å². The van der Waals surface area contributed by atoms with E-state index in [0.29, 0.717) is 16.7 Å². The molecule has 0 aliphatic rings. The summed E-state index contributed by atoms with van der Waals surface area (Å²) in [6.45, 7) is 18.5. The molecular formula is C21H34. The Morgan fingerprint density at radius 3 is 2.10 bits per heavy atom. The minimum atomic E-state index is 0.292. The predicted octanol–water partition coefficient (Wildman–Crippen LogP) is 6.98. The fourth-order valence-corrected chi connectivity index (χ4v) is 2.88. The van der Waals surface area contributed by atoms with Gasteiger partial charge in [-0.05, 0) is 53.2 Å². The third-order valence-corrected chi connectivity index (χ3v) is 4.09. The van der Waals surface area contributed by atoms with Crippen LogP contribution in [0.2, 0.25) is 0 Å². The first-order valence-electron chi connectivity index (χ1n) is 8.31. The molecular weight excluding hydrogens is 252 g/mol. The molecule has 0 aromatic heterocycles. The Morgan fingerprint density at radius 1 is 1.05 bits per heavy atom. The summed E-state index contributed by atoms with van der Waals surface area (Å²) in [5.74, 6) is 0.598. The van der Waals surface area contributed by atoms with Crippen molar-refractivity contribution in [2.24, 2.45) is 10.8 Å². The van der Waals surface area contributed by atoms with Crippen LogP contribution in [0.4, 0.5) is 0 Å². The largest absolute Gasteiger partial charge is 0.0842 e. The van der Waals surface area contributed by atoms with Crippen molar-refractivity contribution in [3.8, 4) is 0 Å². The zero-order chi connectivity index (χ0) is 16.3. The maximum atomic E-state index is 2.40. The van der Waals surface area contributed by atoms with Crippen molar-refractivity contribution < 1.29 is 0 Å². The van der Waals surface area contributed by atoms with Crippen LogP contribution in [0.25, 0.3) is 6.08 Å². The van der Waals surface area contributed by atoms with Gasteiger partial charge < -0.3 is 0 Å². The number of rotatable bonds is 4. The highest BCUT2D eigenvalue weighted by molar-refractivity contribution is 5.54. The van der Waals surface area contributed by atoms with E-state index >= 15 is 0 Å². The average molecular weight is 287 g/mol. The van der Waals surface area contributed by atoms with E-state index in [1.807, 2.05) is 0 Å². The first-order valence-corrected chi connectivity index (χ1v) is 8.31. The number of allylic oxidation sites excluding steroid dienone is 1. The highest BCUT2D eigenvalue weighted by Crippen LogP contribution is 2.43. The molecule has 0 spiro atoms. The van der Waals surface area contributed by atoms with Gasteiger partial charge in [0.15, 0.2) is 0 Å². The van der Waals surface area contributed by atoms with E-state index in [2.05, 4.69) is 85.7 Å². The van der Waals surface area contributed by atoms with Crippen LogP contribution in [0.1, 0.15) is 83.9 Å². The number of aryl methyl sites for hydroxylation is 1. The SMILES string of the molecule is CC/C=C\c1ccc(C(CC(C)(C)C)C(C)(C)C)cc1C. The molecule has 118 valence electrons. The van der Waals surface area contributed by atoms with E-state index in [9.17, 15) is 0 Å². The second-order valence-electron chi connectivity index (χ2n) is 8.61. The first kappa shape index (κ1) is 18.0. The average Bonchev–Trinajstić information content (AvgIpc) is 2.32. The smallest absolute Gasteiger partial charge is 0.0108 e. The van der Waals surface area contributed by atoms with Crippen LogP contribution in [0.15, 0.2) is 24.3 Å². The Balaban J connectivity index is 3.15. The Kier molecular flexibility index (Phi) is 5.84. The molecule has 0 radical (unpaired) electrons. The fraction of sp³-hybridized carbons (Fsp3) is 0.619. The Morgan fingerprint density at radius 2 is 1.67 bits per heavy atom. The summed E-state index contributed by atoms with van der Waals surface area (Å²) < 4.78 is 0. The number of hydrogen-bond acceptors (Lipinski definition) is 0. The molecule has 0 aliphatic heterocycles. The molecule has 1 rings (SSSR count). The van der Waals surface area contributed by atoms with Gasteiger partial charge in [-0.3, -0.25) is 0 Å². The zero-order valence-corrected chi connectivity index (χ0v) is 15.4. The first-order chi connectivity index (χ1) is 9.54. The lowest BCUT2D eigenvalue weighted by atomic mass is 9.69. The van der Waals surface area contributed by atoms with E-state index in [0.717, 1.165) is 6.42 Å². The van der Waals surface area contributed by atoms with Gasteiger partial charge in [0.05, 0.1) is 0 Å². The summed E-state index contributed by atoms with van der Waals surface area (Å²) in [5.41, 5.74) is 4.88. The van der Waals surface area contributed by atoms with Crippen molar-refractivity contribution in [3.63, 3.8) is 0 Å². The number of benzene rings is 1. The van der Waals surface area contributed by atoms with Crippen LogP contribution in [-0.2, 0) is 0 Å². The molecule has 1 aromatic carbocycles. The molecule has 0 saturated heterocycles. The van der Waals surface area contributed by atoms with Crippen molar-refractivity contribution >= 4 is 6.08 Å². The lowest BCUT2D eigenvalue weighted by Crippen LogP contribution is -2.24. The van der Waals surface area contributed by atoms with E-state index in [-0.39, 0.29) is 0 Å². The van der Waals surface area contributed by atoms with Gasteiger partial charge >= 0.3 is 0 Å². The molecule has 0 fully saturated rings.